The van der Waals surface area contributed by atoms with E-state index in [4.69, 9.17) is 0 Å². The second-order valence-electron chi connectivity index (χ2n) is 4.00. The zero-order valence-electron chi connectivity index (χ0n) is 9.41. The minimum Gasteiger partial charge on any atom is -0.393 e. The average molecular weight is 210 g/mol. The third-order valence-corrected chi connectivity index (χ3v) is 2.53. The average Bonchev–Trinajstić information content (AvgIpc) is 2.18. The molecule has 2 heteroatoms. The normalized spacial score (nSPS) is 14.9. The first-order valence-electron chi connectivity index (χ1n) is 5.54. The van der Waals surface area contributed by atoms with Gasteiger partial charge < -0.3 is 5.11 Å². The van der Waals surface area contributed by atoms with Gasteiger partial charge in [0.05, 0.1) is 6.10 Å². The Kier molecular flexibility index (Phi) is 4.76. The van der Waals surface area contributed by atoms with Crippen LogP contribution in [0.1, 0.15) is 44.0 Å². The van der Waals surface area contributed by atoms with Crippen LogP contribution in [-0.4, -0.2) is 11.2 Å². The number of hydrogen-bond donors (Lipinski definition) is 1. The van der Waals surface area contributed by atoms with E-state index in [-0.39, 0.29) is 6.10 Å². The maximum atomic E-state index is 12.9. The second kappa shape index (κ2) is 5.86. The van der Waals surface area contributed by atoms with Gasteiger partial charge in [-0.1, -0.05) is 37.6 Å². The van der Waals surface area contributed by atoms with Crippen LogP contribution in [0.4, 0.5) is 4.39 Å². The minimum atomic E-state index is -0.917. The van der Waals surface area contributed by atoms with Crippen LogP contribution in [0.3, 0.4) is 0 Å². The molecular weight excluding hydrogens is 191 g/mol. The number of benzene rings is 1. The first-order valence-corrected chi connectivity index (χ1v) is 5.54. The highest BCUT2D eigenvalue weighted by molar-refractivity contribution is 5.24. The molecule has 2 atom stereocenters. The van der Waals surface area contributed by atoms with Crippen LogP contribution in [0.5, 0.6) is 0 Å². The molecule has 0 amide bonds. The van der Waals surface area contributed by atoms with Gasteiger partial charge in [-0.2, -0.15) is 0 Å². The molecule has 1 nitrogen and oxygen atoms in total. The summed E-state index contributed by atoms with van der Waals surface area (Å²) in [6, 6.07) is 7.37. The lowest BCUT2D eigenvalue weighted by molar-refractivity contribution is 0.164. The number of halogens is 1. The monoisotopic (exact) mass is 210 g/mol. The Morgan fingerprint density at radius 3 is 2.33 bits per heavy atom. The van der Waals surface area contributed by atoms with Gasteiger partial charge in [-0.05, 0) is 30.9 Å². The predicted octanol–water partition coefficient (Wildman–Crippen LogP) is 3.42. The first kappa shape index (κ1) is 12.2. The highest BCUT2D eigenvalue weighted by Crippen LogP contribution is 2.17. The molecule has 1 aromatic rings. The summed E-state index contributed by atoms with van der Waals surface area (Å²) in [6.07, 6.45) is 1.28. The minimum absolute atomic E-state index is 0.274. The van der Waals surface area contributed by atoms with E-state index >= 15 is 0 Å². The van der Waals surface area contributed by atoms with Gasteiger partial charge in [0.25, 0.3) is 0 Å². The number of aliphatic hydroxyl groups excluding tert-OH is 1. The SMILES string of the molecule is CCCC(O)Cc1ccc(C(C)F)cc1. The molecule has 1 rings (SSSR count). The zero-order chi connectivity index (χ0) is 11.3. The van der Waals surface area contributed by atoms with Crippen molar-refractivity contribution in [3.05, 3.63) is 35.4 Å². The van der Waals surface area contributed by atoms with Gasteiger partial charge in [0.15, 0.2) is 0 Å². The molecule has 0 fully saturated rings. The van der Waals surface area contributed by atoms with E-state index in [0.29, 0.717) is 12.0 Å². The van der Waals surface area contributed by atoms with Crippen LogP contribution in [0.25, 0.3) is 0 Å². The predicted molar refractivity (Wildman–Crippen MR) is 60.6 cm³/mol. The third-order valence-electron chi connectivity index (χ3n) is 2.53. The fourth-order valence-electron chi connectivity index (χ4n) is 1.63. The third kappa shape index (κ3) is 4.00. The molecule has 0 aliphatic rings. The van der Waals surface area contributed by atoms with Gasteiger partial charge >= 0.3 is 0 Å². The summed E-state index contributed by atoms with van der Waals surface area (Å²) in [4.78, 5) is 0. The summed E-state index contributed by atoms with van der Waals surface area (Å²) in [7, 11) is 0. The van der Waals surface area contributed by atoms with E-state index in [0.717, 1.165) is 18.4 Å². The van der Waals surface area contributed by atoms with Crippen LogP contribution in [0.15, 0.2) is 24.3 Å². The smallest absolute Gasteiger partial charge is 0.122 e. The van der Waals surface area contributed by atoms with Crippen LogP contribution in [0, 0.1) is 0 Å². The molecule has 84 valence electrons. The van der Waals surface area contributed by atoms with Gasteiger partial charge in [-0.3, -0.25) is 0 Å². The van der Waals surface area contributed by atoms with E-state index in [1.807, 2.05) is 12.1 Å². The summed E-state index contributed by atoms with van der Waals surface area (Å²) in [5.41, 5.74) is 1.77. The van der Waals surface area contributed by atoms with Gasteiger partial charge in [0, 0.05) is 0 Å². The quantitative estimate of drug-likeness (QED) is 0.789. The molecule has 0 heterocycles. The van der Waals surface area contributed by atoms with Crippen molar-refractivity contribution in [2.75, 3.05) is 0 Å². The van der Waals surface area contributed by atoms with Crippen LogP contribution >= 0.6 is 0 Å². The molecule has 2 unspecified atom stereocenters. The summed E-state index contributed by atoms with van der Waals surface area (Å²) >= 11 is 0. The van der Waals surface area contributed by atoms with E-state index in [9.17, 15) is 9.50 Å². The zero-order valence-corrected chi connectivity index (χ0v) is 9.41. The van der Waals surface area contributed by atoms with E-state index in [1.54, 1.807) is 12.1 Å². The van der Waals surface area contributed by atoms with Gasteiger partial charge in [-0.25, -0.2) is 4.39 Å². The van der Waals surface area contributed by atoms with Gasteiger partial charge in [0.2, 0.25) is 0 Å². The molecule has 0 radical (unpaired) electrons. The summed E-state index contributed by atoms with van der Waals surface area (Å²) in [5.74, 6) is 0. The molecule has 1 aromatic carbocycles. The van der Waals surface area contributed by atoms with Crippen molar-refractivity contribution < 1.29 is 9.50 Å². The Morgan fingerprint density at radius 2 is 1.87 bits per heavy atom. The van der Waals surface area contributed by atoms with Crippen molar-refractivity contribution >= 4 is 0 Å². The maximum absolute atomic E-state index is 12.9. The molecule has 0 saturated heterocycles. The van der Waals surface area contributed by atoms with Crippen molar-refractivity contribution in [1.82, 2.24) is 0 Å². The molecule has 0 saturated carbocycles. The molecule has 1 N–H and O–H groups in total. The van der Waals surface area contributed by atoms with Crippen LogP contribution in [0.2, 0.25) is 0 Å². The first-order chi connectivity index (χ1) is 7.13. The standard InChI is InChI=1S/C13H19FO/c1-3-4-13(15)9-11-5-7-12(8-6-11)10(2)14/h5-8,10,13,15H,3-4,9H2,1-2H3. The van der Waals surface area contributed by atoms with Crippen molar-refractivity contribution in [2.24, 2.45) is 0 Å². The number of aliphatic hydroxyl groups is 1. The van der Waals surface area contributed by atoms with Gasteiger partial charge in [0.1, 0.15) is 6.17 Å². The van der Waals surface area contributed by atoms with Crippen molar-refractivity contribution in [1.29, 1.82) is 0 Å². The van der Waals surface area contributed by atoms with Crippen molar-refractivity contribution in [3.8, 4) is 0 Å². The fraction of sp³-hybridized carbons (Fsp3) is 0.538. The second-order valence-corrected chi connectivity index (χ2v) is 4.00. The number of rotatable bonds is 5. The summed E-state index contributed by atoms with van der Waals surface area (Å²) < 4.78 is 12.9. The fourth-order valence-corrected chi connectivity index (χ4v) is 1.63. The molecule has 0 aliphatic carbocycles. The van der Waals surface area contributed by atoms with E-state index < -0.39 is 6.17 Å². The van der Waals surface area contributed by atoms with Gasteiger partial charge in [-0.15, -0.1) is 0 Å². The lowest BCUT2D eigenvalue weighted by atomic mass is 10.0. The molecule has 0 spiro atoms. The van der Waals surface area contributed by atoms with Crippen LogP contribution in [-0.2, 0) is 6.42 Å². The Morgan fingerprint density at radius 1 is 1.27 bits per heavy atom. The van der Waals surface area contributed by atoms with Crippen LogP contribution < -0.4 is 0 Å². The lowest BCUT2D eigenvalue weighted by Gasteiger charge is -2.10. The van der Waals surface area contributed by atoms with Crippen molar-refractivity contribution in [2.45, 2.75) is 45.4 Å². The summed E-state index contributed by atoms with van der Waals surface area (Å²) in [5, 5.41) is 9.61. The Bertz CT molecular complexity index is 279. The Hall–Kier alpha value is -0.890. The Labute approximate surface area is 90.9 Å². The molecule has 0 bridgehead atoms. The Balaban J connectivity index is 2.56. The van der Waals surface area contributed by atoms with E-state index in [1.165, 1.54) is 6.92 Å². The highest BCUT2D eigenvalue weighted by atomic mass is 19.1. The van der Waals surface area contributed by atoms with Crippen molar-refractivity contribution in [3.63, 3.8) is 0 Å². The molecule has 0 aliphatic heterocycles. The topological polar surface area (TPSA) is 20.2 Å². The molecular formula is C13H19FO. The highest BCUT2D eigenvalue weighted by Gasteiger charge is 2.06. The summed E-state index contributed by atoms with van der Waals surface area (Å²) in [6.45, 7) is 3.58. The number of hydrogen-bond acceptors (Lipinski definition) is 1. The largest absolute Gasteiger partial charge is 0.393 e. The lowest BCUT2D eigenvalue weighted by Crippen LogP contribution is -2.09. The molecule has 0 aromatic heterocycles. The van der Waals surface area contributed by atoms with E-state index in [2.05, 4.69) is 6.92 Å². The number of alkyl halides is 1. The molecule has 15 heavy (non-hydrogen) atoms. The maximum Gasteiger partial charge on any atom is 0.122 e.